The molecule has 0 radical (unpaired) electrons. The maximum atomic E-state index is 12.0. The number of ether oxygens (including phenoxy) is 2. The van der Waals surface area contributed by atoms with Crippen LogP contribution in [0.3, 0.4) is 0 Å². The second-order valence-corrected chi connectivity index (χ2v) is 7.67. The molecule has 0 amide bonds. The highest BCUT2D eigenvalue weighted by Crippen LogP contribution is 2.42. The van der Waals surface area contributed by atoms with Gasteiger partial charge in [0.25, 0.3) is 0 Å². The molecule has 1 rings (SSSR count). The van der Waals surface area contributed by atoms with Crippen LogP contribution >= 0.6 is 0 Å². The van der Waals surface area contributed by atoms with Gasteiger partial charge in [0, 0.05) is 18.2 Å². The predicted octanol–water partition coefficient (Wildman–Crippen LogP) is 2.55. The molecule has 0 aromatic heterocycles. The van der Waals surface area contributed by atoms with E-state index in [1.54, 1.807) is 6.92 Å². The largest absolute Gasteiger partial charge is 0.463 e. The first-order valence-electron chi connectivity index (χ1n) is 7.78. The van der Waals surface area contributed by atoms with Crippen LogP contribution in [0.25, 0.3) is 0 Å². The summed E-state index contributed by atoms with van der Waals surface area (Å²) in [6.07, 6.45) is 3.26. The average Bonchev–Trinajstić information content (AvgIpc) is 2.97. The minimum Gasteiger partial charge on any atom is -0.463 e. The summed E-state index contributed by atoms with van der Waals surface area (Å²) in [4.78, 5) is 25.5. The molecule has 0 spiro atoms. The maximum absolute atomic E-state index is 12.0. The molecule has 1 aliphatic rings. The lowest BCUT2D eigenvalue weighted by Gasteiger charge is -2.21. The summed E-state index contributed by atoms with van der Waals surface area (Å²) in [7, 11) is 0. The lowest BCUT2D eigenvalue weighted by molar-refractivity contribution is -0.155. The van der Waals surface area contributed by atoms with Crippen LogP contribution in [0.15, 0.2) is 12.2 Å². The topological polar surface area (TPSA) is 55.6 Å². The van der Waals surface area contributed by atoms with Crippen LogP contribution in [0, 0.1) is 5.41 Å². The summed E-state index contributed by atoms with van der Waals surface area (Å²) in [5.41, 5.74) is -0.466. The molecule has 1 aliphatic heterocycles. The van der Waals surface area contributed by atoms with Crippen molar-refractivity contribution in [2.75, 3.05) is 13.2 Å². The summed E-state index contributed by atoms with van der Waals surface area (Å²) < 4.78 is 10.3. The van der Waals surface area contributed by atoms with Crippen molar-refractivity contribution >= 4 is 11.9 Å². The Morgan fingerprint density at radius 3 is 2.18 bits per heavy atom. The molecule has 0 aromatic carbocycles. The molecule has 1 saturated heterocycles. The van der Waals surface area contributed by atoms with Crippen LogP contribution in [-0.4, -0.2) is 47.7 Å². The molecule has 0 aliphatic carbocycles. The van der Waals surface area contributed by atoms with Gasteiger partial charge < -0.3 is 9.47 Å². The number of rotatable bonds is 5. The van der Waals surface area contributed by atoms with Crippen LogP contribution in [0.2, 0.25) is 0 Å². The fraction of sp³-hybridized carbons (Fsp3) is 0.765. The van der Waals surface area contributed by atoms with Gasteiger partial charge in [0.15, 0.2) is 0 Å². The number of hydrogen-bond acceptors (Lipinski definition) is 5. The van der Waals surface area contributed by atoms with Gasteiger partial charge in [0.2, 0.25) is 0 Å². The van der Waals surface area contributed by atoms with Crippen molar-refractivity contribution in [1.29, 1.82) is 0 Å². The fourth-order valence-corrected chi connectivity index (χ4v) is 2.62. The number of carbonyl (C=O) groups excluding carboxylic acids is 2. The second kappa shape index (κ2) is 6.82. The van der Waals surface area contributed by atoms with E-state index in [1.807, 2.05) is 31.7 Å². The molecule has 3 atom stereocenters. The lowest BCUT2D eigenvalue weighted by Crippen LogP contribution is -2.30. The van der Waals surface area contributed by atoms with Gasteiger partial charge in [-0.15, -0.1) is 0 Å². The Balaban J connectivity index is 2.67. The van der Waals surface area contributed by atoms with E-state index in [4.69, 9.17) is 9.47 Å². The zero-order valence-electron chi connectivity index (χ0n) is 14.8. The summed E-state index contributed by atoms with van der Waals surface area (Å²) >= 11 is 0. The van der Waals surface area contributed by atoms with Crippen molar-refractivity contribution in [2.24, 2.45) is 5.41 Å². The van der Waals surface area contributed by atoms with E-state index in [0.717, 1.165) is 0 Å². The van der Waals surface area contributed by atoms with Crippen molar-refractivity contribution in [2.45, 2.75) is 66.2 Å². The van der Waals surface area contributed by atoms with Crippen molar-refractivity contribution in [3.63, 3.8) is 0 Å². The number of esters is 2. The highest BCUT2D eigenvalue weighted by Gasteiger charge is 2.53. The molecule has 0 bridgehead atoms. The summed E-state index contributed by atoms with van der Waals surface area (Å²) in [5, 5.41) is 0. The molecule has 1 unspecified atom stereocenters. The van der Waals surface area contributed by atoms with Gasteiger partial charge in [-0.2, -0.15) is 0 Å². The van der Waals surface area contributed by atoms with Gasteiger partial charge in [0.1, 0.15) is 5.60 Å². The van der Waals surface area contributed by atoms with Crippen LogP contribution in [-0.2, 0) is 19.1 Å². The molecule has 0 N–H and O–H groups in total. The van der Waals surface area contributed by atoms with Gasteiger partial charge in [-0.25, -0.2) is 4.79 Å². The first-order chi connectivity index (χ1) is 9.95. The van der Waals surface area contributed by atoms with Gasteiger partial charge in [-0.1, -0.05) is 26.8 Å². The summed E-state index contributed by atoms with van der Waals surface area (Å²) in [5.74, 6) is -0.590. The molecule has 0 aromatic rings. The monoisotopic (exact) mass is 311 g/mol. The minimum absolute atomic E-state index is 0.0195. The average molecular weight is 311 g/mol. The Morgan fingerprint density at radius 2 is 1.73 bits per heavy atom. The van der Waals surface area contributed by atoms with Crippen LogP contribution < -0.4 is 0 Å². The van der Waals surface area contributed by atoms with Crippen molar-refractivity contribution in [3.8, 4) is 0 Å². The third kappa shape index (κ3) is 5.79. The molecule has 1 heterocycles. The second-order valence-electron chi connectivity index (χ2n) is 7.67. The molecule has 5 heteroatoms. The van der Waals surface area contributed by atoms with E-state index >= 15 is 0 Å². The number of nitrogens with zero attached hydrogens (tertiary/aromatic N) is 1. The first-order valence-corrected chi connectivity index (χ1v) is 7.78. The van der Waals surface area contributed by atoms with Crippen molar-refractivity contribution < 1.29 is 19.1 Å². The predicted molar refractivity (Wildman–Crippen MR) is 85.4 cm³/mol. The highest BCUT2D eigenvalue weighted by molar-refractivity contribution is 5.82. The molecule has 1 fully saturated rings. The Hall–Kier alpha value is -1.36. The van der Waals surface area contributed by atoms with E-state index in [-0.39, 0.29) is 36.0 Å². The van der Waals surface area contributed by atoms with Crippen molar-refractivity contribution in [1.82, 2.24) is 4.90 Å². The Kier molecular flexibility index (Phi) is 5.79. The van der Waals surface area contributed by atoms with Crippen LogP contribution in [0.1, 0.15) is 48.5 Å². The zero-order chi connectivity index (χ0) is 17.1. The Bertz CT molecular complexity index is 443. The number of carbonyl (C=O) groups is 2. The third-order valence-electron chi connectivity index (χ3n) is 3.31. The molecule has 5 nitrogen and oxygen atoms in total. The van der Waals surface area contributed by atoms with E-state index in [0.29, 0.717) is 6.61 Å². The SMILES string of the molecule is CCOC(=O)/C=C\[C@@H]1[C@@H](C(C)(C)C)N1CC(=O)OC(C)(C)C. The first kappa shape index (κ1) is 18.7. The quantitative estimate of drug-likeness (QED) is 0.444. The highest BCUT2D eigenvalue weighted by atomic mass is 16.6. The normalized spacial score (nSPS) is 25.1. The van der Waals surface area contributed by atoms with E-state index in [1.165, 1.54) is 6.08 Å². The van der Waals surface area contributed by atoms with E-state index in [9.17, 15) is 9.59 Å². The number of hydrogen-bond donors (Lipinski definition) is 0. The fourth-order valence-electron chi connectivity index (χ4n) is 2.62. The van der Waals surface area contributed by atoms with Gasteiger partial charge in [-0.05, 0) is 33.1 Å². The smallest absolute Gasteiger partial charge is 0.330 e. The van der Waals surface area contributed by atoms with E-state index < -0.39 is 5.60 Å². The maximum Gasteiger partial charge on any atom is 0.330 e. The van der Waals surface area contributed by atoms with Crippen LogP contribution in [0.4, 0.5) is 0 Å². The van der Waals surface area contributed by atoms with Gasteiger partial charge in [0.05, 0.1) is 13.2 Å². The Labute approximate surface area is 133 Å². The zero-order valence-corrected chi connectivity index (χ0v) is 14.8. The van der Waals surface area contributed by atoms with Crippen LogP contribution in [0.5, 0.6) is 0 Å². The summed E-state index contributed by atoms with van der Waals surface area (Å²) in [6, 6.07) is 0.280. The van der Waals surface area contributed by atoms with E-state index in [2.05, 4.69) is 20.8 Å². The minimum atomic E-state index is -0.486. The molecular weight excluding hydrogens is 282 g/mol. The standard InChI is InChI=1S/C17H29NO4/c1-8-21-13(19)10-9-12-15(16(2,3)4)18(12)11-14(20)22-17(5,6)7/h9-10,12,15H,8,11H2,1-7H3/b10-9-/t12-,15+,18?/m1/s1. The molecule has 126 valence electrons. The molecule has 0 saturated carbocycles. The third-order valence-corrected chi connectivity index (χ3v) is 3.31. The molecular formula is C17H29NO4. The lowest BCUT2D eigenvalue weighted by atomic mass is 9.90. The molecule has 22 heavy (non-hydrogen) atoms. The summed E-state index contributed by atoms with van der Waals surface area (Å²) in [6.45, 7) is 14.3. The van der Waals surface area contributed by atoms with Crippen molar-refractivity contribution in [3.05, 3.63) is 12.2 Å². The van der Waals surface area contributed by atoms with Gasteiger partial charge >= 0.3 is 11.9 Å². The van der Waals surface area contributed by atoms with Gasteiger partial charge in [-0.3, -0.25) is 9.69 Å². The Morgan fingerprint density at radius 1 is 1.14 bits per heavy atom.